The Morgan fingerprint density at radius 2 is 2.00 bits per heavy atom. The number of halogens is 2. The van der Waals surface area contributed by atoms with E-state index >= 15 is 0 Å². The molecule has 0 saturated heterocycles. The molecule has 1 aromatic carbocycles. The molecule has 0 amide bonds. The normalized spacial score (nSPS) is 10.9. The van der Waals surface area contributed by atoms with Crippen LogP contribution in [0.4, 0.5) is 4.39 Å². The third-order valence-corrected chi connectivity index (χ3v) is 3.05. The molecule has 1 heterocycles. The van der Waals surface area contributed by atoms with Crippen molar-refractivity contribution in [3.05, 3.63) is 64.7 Å². The maximum Gasteiger partial charge on any atom is 0.142 e. The molecule has 0 unspecified atom stereocenters. The molecule has 18 heavy (non-hydrogen) atoms. The summed E-state index contributed by atoms with van der Waals surface area (Å²) >= 11 is 5.92. The lowest BCUT2D eigenvalue weighted by Crippen LogP contribution is -2.18. The third kappa shape index (κ3) is 3.28. The number of hydrogen-bond acceptors (Lipinski definition) is 2. The highest BCUT2D eigenvalue weighted by molar-refractivity contribution is 6.31. The number of benzene rings is 1. The van der Waals surface area contributed by atoms with Crippen molar-refractivity contribution in [1.29, 1.82) is 0 Å². The fourth-order valence-corrected chi connectivity index (χ4v) is 1.97. The summed E-state index contributed by atoms with van der Waals surface area (Å²) in [4.78, 5) is 6.30. The van der Waals surface area contributed by atoms with Crippen molar-refractivity contribution in [3.8, 4) is 0 Å². The first kappa shape index (κ1) is 13.0. The molecule has 0 fully saturated rings. The van der Waals surface area contributed by atoms with Gasteiger partial charge >= 0.3 is 0 Å². The maximum atomic E-state index is 13.3. The van der Waals surface area contributed by atoms with E-state index in [-0.39, 0.29) is 10.8 Å². The van der Waals surface area contributed by atoms with Gasteiger partial charge in [-0.05, 0) is 30.8 Å². The molecule has 0 N–H and O–H groups in total. The molecule has 0 bridgehead atoms. The van der Waals surface area contributed by atoms with E-state index in [1.165, 1.54) is 6.07 Å². The van der Waals surface area contributed by atoms with Gasteiger partial charge in [-0.15, -0.1) is 0 Å². The van der Waals surface area contributed by atoms with Gasteiger partial charge in [-0.2, -0.15) is 0 Å². The summed E-state index contributed by atoms with van der Waals surface area (Å²) in [5, 5.41) is 0.199. The average Bonchev–Trinajstić information content (AvgIpc) is 2.36. The van der Waals surface area contributed by atoms with Crippen molar-refractivity contribution in [1.82, 2.24) is 9.88 Å². The number of pyridine rings is 1. The molecule has 0 aliphatic heterocycles. The highest BCUT2D eigenvalue weighted by atomic mass is 35.5. The van der Waals surface area contributed by atoms with Crippen molar-refractivity contribution in [3.63, 3.8) is 0 Å². The molecule has 0 spiro atoms. The van der Waals surface area contributed by atoms with E-state index in [0.29, 0.717) is 13.1 Å². The predicted octanol–water partition coefficient (Wildman–Crippen LogP) is 3.51. The second-order valence-electron chi connectivity index (χ2n) is 4.21. The van der Waals surface area contributed by atoms with Gasteiger partial charge in [0.1, 0.15) is 5.82 Å². The summed E-state index contributed by atoms with van der Waals surface area (Å²) in [6, 6.07) is 10.7. The van der Waals surface area contributed by atoms with Crippen molar-refractivity contribution >= 4 is 11.6 Å². The lowest BCUT2D eigenvalue weighted by molar-refractivity contribution is 0.314. The first-order chi connectivity index (χ1) is 8.66. The Hall–Kier alpha value is -1.45. The Morgan fingerprint density at radius 1 is 1.17 bits per heavy atom. The zero-order valence-corrected chi connectivity index (χ0v) is 10.9. The minimum Gasteiger partial charge on any atom is -0.296 e. The Labute approximate surface area is 111 Å². The van der Waals surface area contributed by atoms with Crippen LogP contribution < -0.4 is 0 Å². The van der Waals surface area contributed by atoms with Crippen LogP contribution in [0.25, 0.3) is 0 Å². The lowest BCUT2D eigenvalue weighted by atomic mass is 10.2. The van der Waals surface area contributed by atoms with Gasteiger partial charge < -0.3 is 0 Å². The molecule has 2 aromatic rings. The van der Waals surface area contributed by atoms with Crippen LogP contribution in [0.1, 0.15) is 11.3 Å². The molecule has 0 saturated carbocycles. The van der Waals surface area contributed by atoms with E-state index in [0.717, 1.165) is 11.3 Å². The van der Waals surface area contributed by atoms with Crippen LogP contribution in [-0.2, 0) is 13.1 Å². The molecule has 1 aromatic heterocycles. The van der Waals surface area contributed by atoms with Gasteiger partial charge in [-0.25, -0.2) is 4.39 Å². The largest absolute Gasteiger partial charge is 0.296 e. The number of aromatic nitrogens is 1. The second kappa shape index (κ2) is 5.94. The topological polar surface area (TPSA) is 16.1 Å². The van der Waals surface area contributed by atoms with E-state index in [4.69, 9.17) is 11.6 Å². The standard InChI is InChI=1S/C14H14ClFN2/c1-18(10-12-6-2-3-8-17-12)9-11-5-4-7-13(16)14(11)15/h2-8H,9-10H2,1H3. The summed E-state index contributed by atoms with van der Waals surface area (Å²) in [5.74, 6) is -0.375. The Balaban J connectivity index is 2.03. The molecule has 2 rings (SSSR count). The molecule has 0 aliphatic carbocycles. The van der Waals surface area contributed by atoms with Gasteiger partial charge in [0, 0.05) is 19.3 Å². The zero-order valence-electron chi connectivity index (χ0n) is 10.1. The van der Waals surface area contributed by atoms with Crippen LogP contribution in [-0.4, -0.2) is 16.9 Å². The second-order valence-corrected chi connectivity index (χ2v) is 4.58. The summed E-state index contributed by atoms with van der Waals surface area (Å²) < 4.78 is 13.3. The van der Waals surface area contributed by atoms with Crippen LogP contribution >= 0.6 is 11.6 Å². The van der Waals surface area contributed by atoms with E-state index in [1.807, 2.05) is 36.2 Å². The molecule has 0 aliphatic rings. The molecular weight excluding hydrogens is 251 g/mol. The maximum absolute atomic E-state index is 13.3. The third-order valence-electron chi connectivity index (χ3n) is 2.63. The number of hydrogen-bond donors (Lipinski definition) is 0. The molecule has 0 atom stereocenters. The predicted molar refractivity (Wildman–Crippen MR) is 70.8 cm³/mol. The van der Waals surface area contributed by atoms with E-state index in [2.05, 4.69) is 4.98 Å². The van der Waals surface area contributed by atoms with Crippen LogP contribution in [0.5, 0.6) is 0 Å². The molecular formula is C14H14ClFN2. The molecule has 2 nitrogen and oxygen atoms in total. The van der Waals surface area contributed by atoms with Gasteiger partial charge in [-0.1, -0.05) is 29.8 Å². The summed E-state index contributed by atoms with van der Waals surface area (Å²) in [6.07, 6.45) is 1.76. The van der Waals surface area contributed by atoms with Crippen molar-refractivity contribution in [2.45, 2.75) is 13.1 Å². The van der Waals surface area contributed by atoms with E-state index in [9.17, 15) is 4.39 Å². The van der Waals surface area contributed by atoms with Crippen molar-refractivity contribution in [2.24, 2.45) is 0 Å². The van der Waals surface area contributed by atoms with Crippen molar-refractivity contribution < 1.29 is 4.39 Å². The SMILES string of the molecule is CN(Cc1ccccn1)Cc1cccc(F)c1Cl. The van der Waals surface area contributed by atoms with E-state index < -0.39 is 0 Å². The average molecular weight is 265 g/mol. The van der Waals surface area contributed by atoms with Crippen LogP contribution in [0.2, 0.25) is 5.02 Å². The number of rotatable bonds is 4. The first-order valence-corrected chi connectivity index (χ1v) is 6.06. The Bertz CT molecular complexity index is 516. The summed E-state index contributed by atoms with van der Waals surface area (Å²) in [6.45, 7) is 1.29. The fourth-order valence-electron chi connectivity index (χ4n) is 1.79. The molecule has 4 heteroatoms. The smallest absolute Gasteiger partial charge is 0.142 e. The van der Waals surface area contributed by atoms with Gasteiger partial charge in [0.25, 0.3) is 0 Å². The minimum atomic E-state index is -0.375. The van der Waals surface area contributed by atoms with E-state index in [1.54, 1.807) is 12.3 Å². The van der Waals surface area contributed by atoms with Gasteiger partial charge in [0.05, 0.1) is 10.7 Å². The van der Waals surface area contributed by atoms with Gasteiger partial charge in [-0.3, -0.25) is 9.88 Å². The van der Waals surface area contributed by atoms with Crippen molar-refractivity contribution in [2.75, 3.05) is 7.05 Å². The zero-order chi connectivity index (χ0) is 13.0. The highest BCUT2D eigenvalue weighted by Gasteiger charge is 2.08. The first-order valence-electron chi connectivity index (χ1n) is 5.68. The Morgan fingerprint density at radius 3 is 2.72 bits per heavy atom. The van der Waals surface area contributed by atoms with Crippen LogP contribution in [0, 0.1) is 5.82 Å². The van der Waals surface area contributed by atoms with Crippen LogP contribution in [0.3, 0.4) is 0 Å². The highest BCUT2D eigenvalue weighted by Crippen LogP contribution is 2.21. The summed E-state index contributed by atoms with van der Waals surface area (Å²) in [7, 11) is 1.95. The fraction of sp³-hybridized carbons (Fsp3) is 0.214. The van der Waals surface area contributed by atoms with Gasteiger partial charge in [0.2, 0.25) is 0 Å². The van der Waals surface area contributed by atoms with Gasteiger partial charge in [0.15, 0.2) is 0 Å². The minimum absolute atomic E-state index is 0.199. The Kier molecular flexibility index (Phi) is 4.28. The number of nitrogens with zero attached hydrogens (tertiary/aromatic N) is 2. The monoisotopic (exact) mass is 264 g/mol. The molecule has 0 radical (unpaired) electrons. The summed E-state index contributed by atoms with van der Waals surface area (Å²) in [5.41, 5.74) is 1.77. The molecule has 94 valence electrons. The quantitative estimate of drug-likeness (QED) is 0.840. The van der Waals surface area contributed by atoms with Crippen LogP contribution in [0.15, 0.2) is 42.6 Å². The lowest BCUT2D eigenvalue weighted by Gasteiger charge is -2.17.